The Morgan fingerprint density at radius 2 is 1.48 bits per heavy atom. The summed E-state index contributed by atoms with van der Waals surface area (Å²) in [4.78, 5) is 21.3. The van der Waals surface area contributed by atoms with Gasteiger partial charge >= 0.3 is 6.03 Å². The van der Waals surface area contributed by atoms with Crippen molar-refractivity contribution in [3.05, 3.63) is 121 Å². The zero-order chi connectivity index (χ0) is 28.7. The van der Waals surface area contributed by atoms with Crippen molar-refractivity contribution in [2.75, 3.05) is 29.6 Å². The molecule has 6 aromatic rings. The second-order valence-electron chi connectivity index (χ2n) is 9.63. The van der Waals surface area contributed by atoms with E-state index in [1.165, 1.54) is 6.33 Å². The Morgan fingerprint density at radius 3 is 2.21 bits per heavy atom. The van der Waals surface area contributed by atoms with E-state index in [4.69, 9.17) is 9.15 Å². The van der Waals surface area contributed by atoms with Crippen molar-refractivity contribution in [2.45, 2.75) is 6.42 Å². The van der Waals surface area contributed by atoms with E-state index in [1.54, 1.807) is 7.11 Å². The Bertz CT molecular complexity index is 1800. The number of methoxy groups -OCH3 is 1. The fourth-order valence-corrected chi connectivity index (χ4v) is 4.81. The molecule has 8 heteroatoms. The summed E-state index contributed by atoms with van der Waals surface area (Å²) in [6.07, 6.45) is 2.26. The minimum absolute atomic E-state index is 0.287. The number of amides is 2. The minimum Gasteiger partial charge on any atom is -0.497 e. The van der Waals surface area contributed by atoms with E-state index in [-0.39, 0.29) is 6.03 Å². The number of ether oxygens (including phenoxy) is 1. The topological polar surface area (TPSA) is 101 Å². The van der Waals surface area contributed by atoms with Gasteiger partial charge < -0.3 is 25.1 Å². The van der Waals surface area contributed by atoms with E-state index in [1.807, 2.05) is 109 Å². The van der Waals surface area contributed by atoms with Crippen LogP contribution in [0, 0.1) is 0 Å². The first-order valence-electron chi connectivity index (χ1n) is 13.6. The number of nitrogens with zero attached hydrogens (tertiary/aromatic N) is 2. The van der Waals surface area contributed by atoms with Crippen molar-refractivity contribution < 1.29 is 13.9 Å². The number of urea groups is 1. The van der Waals surface area contributed by atoms with Crippen molar-refractivity contribution in [3.63, 3.8) is 0 Å². The summed E-state index contributed by atoms with van der Waals surface area (Å²) < 4.78 is 11.8. The van der Waals surface area contributed by atoms with Crippen molar-refractivity contribution in [1.82, 2.24) is 9.97 Å². The molecule has 2 heterocycles. The highest BCUT2D eigenvalue weighted by Gasteiger charge is 2.22. The first-order chi connectivity index (χ1) is 20.7. The van der Waals surface area contributed by atoms with Crippen molar-refractivity contribution in [1.29, 1.82) is 0 Å². The van der Waals surface area contributed by atoms with Gasteiger partial charge in [0.05, 0.1) is 12.5 Å². The lowest BCUT2D eigenvalue weighted by Crippen LogP contribution is -2.19. The van der Waals surface area contributed by atoms with Gasteiger partial charge in [-0.2, -0.15) is 0 Å². The normalized spacial score (nSPS) is 10.8. The Kier molecular flexibility index (Phi) is 7.76. The van der Waals surface area contributed by atoms with Crippen LogP contribution in [0.3, 0.4) is 0 Å². The van der Waals surface area contributed by atoms with Crippen molar-refractivity contribution in [3.8, 4) is 28.2 Å². The van der Waals surface area contributed by atoms with Crippen LogP contribution < -0.4 is 20.7 Å². The maximum atomic E-state index is 12.3. The molecule has 0 fully saturated rings. The molecule has 0 radical (unpaired) electrons. The predicted octanol–water partition coefficient (Wildman–Crippen LogP) is 7.86. The second-order valence-corrected chi connectivity index (χ2v) is 9.63. The van der Waals surface area contributed by atoms with Crippen LogP contribution >= 0.6 is 0 Å². The fourth-order valence-electron chi connectivity index (χ4n) is 4.81. The number of benzene rings is 4. The van der Waals surface area contributed by atoms with Crippen LogP contribution in [0.15, 0.2) is 120 Å². The molecule has 0 aliphatic carbocycles. The summed E-state index contributed by atoms with van der Waals surface area (Å²) >= 11 is 0. The molecule has 0 bridgehead atoms. The highest BCUT2D eigenvalue weighted by atomic mass is 16.5. The minimum atomic E-state index is -0.287. The van der Waals surface area contributed by atoms with E-state index in [9.17, 15) is 4.79 Å². The molecule has 42 heavy (non-hydrogen) atoms. The van der Waals surface area contributed by atoms with Gasteiger partial charge in [-0.15, -0.1) is 0 Å². The van der Waals surface area contributed by atoms with Gasteiger partial charge in [0.2, 0.25) is 5.71 Å². The lowest BCUT2D eigenvalue weighted by Gasteiger charge is -2.10. The Hall–Kier alpha value is -5.63. The molecule has 0 spiro atoms. The predicted molar refractivity (Wildman–Crippen MR) is 167 cm³/mol. The van der Waals surface area contributed by atoms with E-state index < -0.39 is 0 Å². The number of hydrogen-bond acceptors (Lipinski definition) is 6. The summed E-state index contributed by atoms with van der Waals surface area (Å²) in [6, 6.07) is 34.7. The van der Waals surface area contributed by atoms with Gasteiger partial charge in [-0.1, -0.05) is 72.8 Å². The maximum Gasteiger partial charge on any atom is 0.323 e. The molecule has 2 aromatic heterocycles. The maximum absolute atomic E-state index is 12.3. The quantitative estimate of drug-likeness (QED) is 0.168. The molecule has 4 aromatic carbocycles. The molecule has 0 aliphatic rings. The number of carbonyl (C=O) groups excluding carboxylic acids is 1. The number of anilines is 3. The monoisotopic (exact) mass is 555 g/mol. The van der Waals surface area contributed by atoms with Gasteiger partial charge in [-0.3, -0.25) is 0 Å². The van der Waals surface area contributed by atoms with E-state index >= 15 is 0 Å². The summed E-state index contributed by atoms with van der Waals surface area (Å²) in [5, 5.41) is 9.99. The molecule has 0 saturated carbocycles. The van der Waals surface area contributed by atoms with Gasteiger partial charge in [0.1, 0.15) is 23.7 Å². The molecule has 0 atom stereocenters. The van der Waals surface area contributed by atoms with Crippen molar-refractivity contribution >= 4 is 34.3 Å². The van der Waals surface area contributed by atoms with Crippen molar-refractivity contribution in [2.24, 2.45) is 0 Å². The molecule has 6 rings (SSSR count). The molecule has 0 saturated heterocycles. The third kappa shape index (κ3) is 5.93. The summed E-state index contributed by atoms with van der Waals surface area (Å²) in [6.45, 7) is 0.636. The number of hydrogen-bond donors (Lipinski definition) is 3. The highest BCUT2D eigenvalue weighted by Crippen LogP contribution is 2.43. The highest BCUT2D eigenvalue weighted by molar-refractivity contribution is 6.06. The number of fused-ring (bicyclic) bond motifs is 1. The molecular formula is C34H29N5O3. The molecule has 0 unspecified atom stereocenters. The summed E-state index contributed by atoms with van der Waals surface area (Å²) in [5.41, 5.74) is 5.88. The number of rotatable bonds is 9. The fraction of sp³-hybridized carbons (Fsp3) is 0.0882. The van der Waals surface area contributed by atoms with E-state index in [0.717, 1.165) is 51.3 Å². The lowest BCUT2D eigenvalue weighted by molar-refractivity contribution is 0.262. The van der Waals surface area contributed by atoms with Gasteiger partial charge in [-0.05, 0) is 53.9 Å². The Balaban J connectivity index is 1.20. The van der Waals surface area contributed by atoms with Crippen LogP contribution in [0.5, 0.6) is 5.75 Å². The average Bonchev–Trinajstić information content (AvgIpc) is 3.43. The van der Waals surface area contributed by atoms with Gasteiger partial charge in [0.15, 0.2) is 0 Å². The average molecular weight is 556 g/mol. The molecule has 8 nitrogen and oxygen atoms in total. The SMILES string of the molecule is COc1cccc(-c2c(-c3ccccc3)oc3ncnc(NCCc4ccc(NC(=O)Nc5ccccc5)cc4)c23)c1. The first-order valence-corrected chi connectivity index (χ1v) is 13.6. The molecule has 3 N–H and O–H groups in total. The third-order valence-corrected chi connectivity index (χ3v) is 6.83. The Labute approximate surface area is 243 Å². The van der Waals surface area contributed by atoms with E-state index in [2.05, 4.69) is 25.9 Å². The van der Waals surface area contributed by atoms with Gasteiger partial charge in [0.25, 0.3) is 0 Å². The Morgan fingerprint density at radius 1 is 0.786 bits per heavy atom. The molecular weight excluding hydrogens is 526 g/mol. The van der Waals surface area contributed by atoms with Gasteiger partial charge in [-0.25, -0.2) is 14.8 Å². The van der Waals surface area contributed by atoms with Crippen LogP contribution in [0.2, 0.25) is 0 Å². The number of nitrogens with one attached hydrogen (secondary N) is 3. The van der Waals surface area contributed by atoms with Crippen LogP contribution in [-0.2, 0) is 6.42 Å². The second kappa shape index (κ2) is 12.3. The zero-order valence-electron chi connectivity index (χ0n) is 23.0. The van der Waals surface area contributed by atoms with Crippen LogP contribution in [-0.4, -0.2) is 29.7 Å². The number of para-hydroxylation sites is 1. The zero-order valence-corrected chi connectivity index (χ0v) is 23.0. The number of aromatic nitrogens is 2. The summed E-state index contributed by atoms with van der Waals surface area (Å²) in [7, 11) is 1.66. The largest absolute Gasteiger partial charge is 0.497 e. The van der Waals surface area contributed by atoms with Crippen LogP contribution in [0.1, 0.15) is 5.56 Å². The van der Waals surface area contributed by atoms with E-state index in [0.29, 0.717) is 23.8 Å². The molecule has 0 aliphatic heterocycles. The van der Waals surface area contributed by atoms with Crippen LogP contribution in [0.25, 0.3) is 33.6 Å². The van der Waals surface area contributed by atoms with Gasteiger partial charge in [0, 0.05) is 29.0 Å². The number of carbonyl (C=O) groups is 1. The lowest BCUT2D eigenvalue weighted by atomic mass is 9.99. The smallest absolute Gasteiger partial charge is 0.323 e. The standard InChI is InChI=1S/C34H29N5O3/c1-41-28-14-8-11-25(21-28)29-30-32(36-22-37-33(30)42-31(29)24-9-4-2-5-10-24)35-20-19-23-15-17-27(18-16-23)39-34(40)38-26-12-6-3-7-13-26/h2-18,21-22H,19-20H2,1H3,(H,35,36,37)(H2,38,39,40). The molecule has 2 amide bonds. The molecule has 208 valence electrons. The number of furan rings is 1. The van der Waals surface area contributed by atoms with Crippen LogP contribution in [0.4, 0.5) is 22.0 Å². The summed E-state index contributed by atoms with van der Waals surface area (Å²) in [5.74, 6) is 2.17. The first kappa shape index (κ1) is 26.6. The third-order valence-electron chi connectivity index (χ3n) is 6.83.